The van der Waals surface area contributed by atoms with Crippen molar-refractivity contribution in [1.82, 2.24) is 0 Å². The SMILES string of the molecule is CCOC(=O)c1c(NC(=O)COc2ccc(C)cc2C(C)(C)C)oc(C)c1C(C)=O. The van der Waals surface area contributed by atoms with Gasteiger partial charge in [0.25, 0.3) is 5.91 Å². The van der Waals surface area contributed by atoms with Crippen LogP contribution in [0.3, 0.4) is 0 Å². The van der Waals surface area contributed by atoms with Gasteiger partial charge in [-0.25, -0.2) is 4.79 Å². The molecule has 2 rings (SSSR count). The van der Waals surface area contributed by atoms with Gasteiger partial charge in [-0.05, 0) is 44.7 Å². The Morgan fingerprint density at radius 1 is 1.10 bits per heavy atom. The van der Waals surface area contributed by atoms with Crippen LogP contribution in [0.1, 0.15) is 72.2 Å². The number of ether oxygens (including phenoxy) is 2. The summed E-state index contributed by atoms with van der Waals surface area (Å²) in [6, 6.07) is 5.77. The van der Waals surface area contributed by atoms with Crippen LogP contribution in [-0.4, -0.2) is 30.9 Å². The van der Waals surface area contributed by atoms with Crippen LogP contribution in [-0.2, 0) is 14.9 Å². The maximum absolute atomic E-state index is 12.5. The number of carbonyl (C=O) groups is 3. The molecule has 1 N–H and O–H groups in total. The Labute approximate surface area is 176 Å². The molecule has 2 aromatic rings. The molecule has 7 heteroatoms. The highest BCUT2D eigenvalue weighted by Crippen LogP contribution is 2.32. The summed E-state index contributed by atoms with van der Waals surface area (Å²) in [6.07, 6.45) is 0. The van der Waals surface area contributed by atoms with Gasteiger partial charge in [-0.3, -0.25) is 14.9 Å². The minimum Gasteiger partial charge on any atom is -0.483 e. The first-order chi connectivity index (χ1) is 14.0. The third-order valence-electron chi connectivity index (χ3n) is 4.47. The van der Waals surface area contributed by atoms with Crippen LogP contribution in [0.15, 0.2) is 22.6 Å². The molecule has 0 aliphatic heterocycles. The quantitative estimate of drug-likeness (QED) is 0.525. The number of ketones is 1. The number of anilines is 1. The van der Waals surface area contributed by atoms with Crippen molar-refractivity contribution in [2.45, 2.75) is 53.9 Å². The second-order valence-electron chi connectivity index (χ2n) is 8.10. The van der Waals surface area contributed by atoms with Crippen LogP contribution >= 0.6 is 0 Å². The minimum atomic E-state index is -0.732. The van der Waals surface area contributed by atoms with Gasteiger partial charge in [0.1, 0.15) is 17.1 Å². The fourth-order valence-electron chi connectivity index (χ4n) is 3.12. The predicted molar refractivity (Wildman–Crippen MR) is 113 cm³/mol. The van der Waals surface area contributed by atoms with E-state index >= 15 is 0 Å². The van der Waals surface area contributed by atoms with E-state index in [-0.39, 0.29) is 47.2 Å². The molecule has 0 atom stereocenters. The summed E-state index contributed by atoms with van der Waals surface area (Å²) in [5.74, 6) is -0.895. The van der Waals surface area contributed by atoms with Crippen LogP contribution in [0.5, 0.6) is 5.75 Å². The molecule has 1 heterocycles. The Morgan fingerprint density at radius 2 is 1.77 bits per heavy atom. The number of esters is 1. The van der Waals surface area contributed by atoms with Crippen LogP contribution < -0.4 is 10.1 Å². The Balaban J connectivity index is 2.23. The number of benzene rings is 1. The summed E-state index contributed by atoms with van der Waals surface area (Å²) in [4.78, 5) is 36.8. The molecule has 162 valence electrons. The number of hydrogen-bond donors (Lipinski definition) is 1. The third kappa shape index (κ3) is 5.28. The second kappa shape index (κ2) is 9.15. The average Bonchev–Trinajstić information content (AvgIpc) is 2.96. The van der Waals surface area contributed by atoms with Gasteiger partial charge in [0.2, 0.25) is 5.88 Å². The first-order valence-corrected chi connectivity index (χ1v) is 9.80. The maximum atomic E-state index is 12.5. The van der Waals surface area contributed by atoms with Crippen LogP contribution in [0.2, 0.25) is 0 Å². The summed E-state index contributed by atoms with van der Waals surface area (Å²) in [5.41, 5.74) is 1.93. The summed E-state index contributed by atoms with van der Waals surface area (Å²) < 4.78 is 16.2. The topological polar surface area (TPSA) is 94.8 Å². The number of hydrogen-bond acceptors (Lipinski definition) is 6. The van der Waals surface area contributed by atoms with Crippen molar-refractivity contribution in [1.29, 1.82) is 0 Å². The molecule has 0 radical (unpaired) electrons. The van der Waals surface area contributed by atoms with Crippen LogP contribution in [0, 0.1) is 13.8 Å². The predicted octanol–water partition coefficient (Wildman–Crippen LogP) is 4.59. The molecule has 7 nitrogen and oxygen atoms in total. The van der Waals surface area contributed by atoms with E-state index in [1.165, 1.54) is 6.92 Å². The molecule has 0 unspecified atom stereocenters. The van der Waals surface area contributed by atoms with E-state index in [2.05, 4.69) is 26.1 Å². The number of nitrogens with one attached hydrogen (secondary N) is 1. The Kier molecular flexibility index (Phi) is 7.08. The number of amides is 1. The van der Waals surface area contributed by atoms with Gasteiger partial charge < -0.3 is 13.9 Å². The van der Waals surface area contributed by atoms with Crippen LogP contribution in [0.25, 0.3) is 0 Å². The van der Waals surface area contributed by atoms with Gasteiger partial charge in [0.15, 0.2) is 12.4 Å². The lowest BCUT2D eigenvalue weighted by atomic mass is 9.85. The molecule has 1 aromatic carbocycles. The Bertz CT molecular complexity index is 965. The molecule has 1 aromatic heterocycles. The van der Waals surface area contributed by atoms with E-state index in [0.717, 1.165) is 11.1 Å². The van der Waals surface area contributed by atoms with Crippen molar-refractivity contribution in [3.8, 4) is 5.75 Å². The Hall–Kier alpha value is -3.09. The highest BCUT2D eigenvalue weighted by molar-refractivity contribution is 6.10. The molecule has 0 aliphatic carbocycles. The number of aryl methyl sites for hydroxylation is 2. The number of carbonyl (C=O) groups excluding carboxylic acids is 3. The summed E-state index contributed by atoms with van der Waals surface area (Å²) in [7, 11) is 0. The molecular weight excluding hydrogens is 386 g/mol. The van der Waals surface area contributed by atoms with Crippen molar-refractivity contribution in [3.63, 3.8) is 0 Å². The molecule has 0 fully saturated rings. The first-order valence-electron chi connectivity index (χ1n) is 9.80. The van der Waals surface area contributed by atoms with E-state index in [9.17, 15) is 14.4 Å². The van der Waals surface area contributed by atoms with Crippen molar-refractivity contribution in [2.24, 2.45) is 0 Å². The third-order valence-corrected chi connectivity index (χ3v) is 4.47. The lowest BCUT2D eigenvalue weighted by Crippen LogP contribution is -2.23. The maximum Gasteiger partial charge on any atom is 0.344 e. The van der Waals surface area contributed by atoms with E-state index in [4.69, 9.17) is 13.9 Å². The molecule has 0 saturated heterocycles. The molecule has 0 aliphatic rings. The van der Waals surface area contributed by atoms with E-state index in [1.807, 2.05) is 25.1 Å². The second-order valence-corrected chi connectivity index (χ2v) is 8.10. The van der Waals surface area contributed by atoms with Crippen molar-refractivity contribution in [3.05, 3.63) is 46.2 Å². The monoisotopic (exact) mass is 415 g/mol. The van der Waals surface area contributed by atoms with Gasteiger partial charge >= 0.3 is 5.97 Å². The highest BCUT2D eigenvalue weighted by Gasteiger charge is 2.29. The van der Waals surface area contributed by atoms with Crippen molar-refractivity contribution >= 4 is 23.5 Å². The van der Waals surface area contributed by atoms with Gasteiger partial charge in [-0.2, -0.15) is 0 Å². The van der Waals surface area contributed by atoms with Gasteiger partial charge in [0.05, 0.1) is 12.2 Å². The largest absolute Gasteiger partial charge is 0.483 e. The van der Waals surface area contributed by atoms with Crippen molar-refractivity contribution in [2.75, 3.05) is 18.5 Å². The average molecular weight is 415 g/mol. The molecular formula is C23H29NO6. The molecule has 1 amide bonds. The fourth-order valence-corrected chi connectivity index (χ4v) is 3.12. The highest BCUT2D eigenvalue weighted by atomic mass is 16.5. The Morgan fingerprint density at radius 3 is 2.33 bits per heavy atom. The van der Waals surface area contributed by atoms with E-state index in [0.29, 0.717) is 5.75 Å². The molecule has 0 saturated carbocycles. The standard InChI is InChI=1S/C23H29NO6/c1-8-28-22(27)20-19(14(3)25)15(4)30-21(20)24-18(26)12-29-17-10-9-13(2)11-16(17)23(5,6)7/h9-11H,8,12H2,1-7H3,(H,24,26). The van der Waals surface area contributed by atoms with Gasteiger partial charge in [0, 0.05) is 0 Å². The van der Waals surface area contributed by atoms with Crippen LogP contribution in [0.4, 0.5) is 5.88 Å². The number of rotatable bonds is 7. The van der Waals surface area contributed by atoms with Gasteiger partial charge in [-0.1, -0.05) is 38.5 Å². The minimum absolute atomic E-state index is 0.0825. The lowest BCUT2D eigenvalue weighted by Gasteiger charge is -2.23. The first kappa shape index (κ1) is 23.2. The zero-order valence-corrected chi connectivity index (χ0v) is 18.6. The smallest absolute Gasteiger partial charge is 0.344 e. The van der Waals surface area contributed by atoms with Crippen molar-refractivity contribution < 1.29 is 28.3 Å². The lowest BCUT2D eigenvalue weighted by molar-refractivity contribution is -0.118. The summed E-state index contributed by atoms with van der Waals surface area (Å²) in [6.45, 7) is 12.5. The molecule has 0 bridgehead atoms. The zero-order valence-electron chi connectivity index (χ0n) is 18.6. The van der Waals surface area contributed by atoms with E-state index in [1.54, 1.807) is 13.8 Å². The number of furan rings is 1. The normalized spacial score (nSPS) is 11.2. The fraction of sp³-hybridized carbons (Fsp3) is 0.435. The van der Waals surface area contributed by atoms with Gasteiger partial charge in [-0.15, -0.1) is 0 Å². The zero-order chi connectivity index (χ0) is 22.6. The number of Topliss-reactive ketones (excluding diaryl/α,β-unsaturated/α-hetero) is 1. The molecule has 30 heavy (non-hydrogen) atoms. The molecule has 0 spiro atoms. The summed E-state index contributed by atoms with van der Waals surface area (Å²) in [5, 5.41) is 2.52. The van der Waals surface area contributed by atoms with E-state index < -0.39 is 11.9 Å². The summed E-state index contributed by atoms with van der Waals surface area (Å²) >= 11 is 0.